The molecule has 0 unspecified atom stereocenters. The van der Waals surface area contributed by atoms with Gasteiger partial charge in [-0.15, -0.1) is 0 Å². The van der Waals surface area contributed by atoms with Crippen molar-refractivity contribution in [3.63, 3.8) is 0 Å². The van der Waals surface area contributed by atoms with Gasteiger partial charge < -0.3 is 14.2 Å². The zero-order valence-corrected chi connectivity index (χ0v) is 16.8. The van der Waals surface area contributed by atoms with E-state index in [4.69, 9.17) is 14.2 Å². The molecule has 6 nitrogen and oxygen atoms in total. The van der Waals surface area contributed by atoms with Crippen LogP contribution in [-0.4, -0.2) is 32.9 Å². The summed E-state index contributed by atoms with van der Waals surface area (Å²) in [7, 11) is 3.17. The van der Waals surface area contributed by atoms with E-state index in [-0.39, 0.29) is 12.5 Å². The van der Waals surface area contributed by atoms with Gasteiger partial charge in [-0.3, -0.25) is 4.79 Å². The fourth-order valence-electron chi connectivity index (χ4n) is 1.84. The van der Waals surface area contributed by atoms with Crippen molar-refractivity contribution in [1.82, 2.24) is 5.43 Å². The van der Waals surface area contributed by atoms with Crippen LogP contribution in [0.2, 0.25) is 0 Å². The van der Waals surface area contributed by atoms with Gasteiger partial charge in [0.2, 0.25) is 0 Å². The van der Waals surface area contributed by atoms with Crippen LogP contribution >= 0.6 is 31.9 Å². The Hall–Kier alpha value is -2.06. The van der Waals surface area contributed by atoms with Crippen LogP contribution < -0.4 is 19.6 Å². The molecule has 0 aliphatic rings. The van der Waals surface area contributed by atoms with Crippen LogP contribution in [0.3, 0.4) is 0 Å². The predicted octanol–water partition coefficient (Wildman–Crippen LogP) is 3.76. The number of carbonyl (C=O) groups excluding carboxylic acids is 1. The molecule has 132 valence electrons. The van der Waals surface area contributed by atoms with Crippen molar-refractivity contribution in [1.29, 1.82) is 0 Å². The van der Waals surface area contributed by atoms with E-state index in [9.17, 15) is 4.79 Å². The van der Waals surface area contributed by atoms with Crippen LogP contribution in [-0.2, 0) is 4.79 Å². The second-order valence-electron chi connectivity index (χ2n) is 4.77. The predicted molar refractivity (Wildman–Crippen MR) is 103 cm³/mol. The van der Waals surface area contributed by atoms with E-state index in [1.807, 2.05) is 12.1 Å². The Balaban J connectivity index is 1.85. The molecule has 8 heteroatoms. The topological polar surface area (TPSA) is 69.2 Å². The molecule has 2 aromatic carbocycles. The Morgan fingerprint density at radius 3 is 2.44 bits per heavy atom. The molecule has 25 heavy (non-hydrogen) atoms. The third-order valence-electron chi connectivity index (χ3n) is 3.08. The molecular weight excluding hydrogens is 456 g/mol. The third kappa shape index (κ3) is 5.75. The van der Waals surface area contributed by atoms with Crippen LogP contribution in [0.1, 0.15) is 5.56 Å². The number of amides is 1. The fourth-order valence-corrected chi connectivity index (χ4v) is 2.87. The number of halogens is 2. The molecule has 0 saturated heterocycles. The molecule has 0 radical (unpaired) electrons. The van der Waals surface area contributed by atoms with Crippen molar-refractivity contribution < 1.29 is 19.0 Å². The lowest BCUT2D eigenvalue weighted by atomic mass is 10.2. The summed E-state index contributed by atoms with van der Waals surface area (Å²) in [5.74, 6) is 1.59. The first-order valence-electron chi connectivity index (χ1n) is 7.15. The fraction of sp³-hybridized carbons (Fsp3) is 0.176. The molecular formula is C17H16Br2N2O4. The molecule has 2 aromatic rings. The van der Waals surface area contributed by atoms with Crippen molar-refractivity contribution in [2.75, 3.05) is 20.8 Å². The van der Waals surface area contributed by atoms with E-state index >= 15 is 0 Å². The van der Waals surface area contributed by atoms with Crippen molar-refractivity contribution in [2.45, 2.75) is 0 Å². The first kappa shape index (κ1) is 19.3. The lowest BCUT2D eigenvalue weighted by Crippen LogP contribution is -2.24. The summed E-state index contributed by atoms with van der Waals surface area (Å²) in [6.45, 7) is -0.158. The number of nitrogens with zero attached hydrogens (tertiary/aromatic N) is 1. The normalized spacial score (nSPS) is 10.6. The zero-order valence-electron chi connectivity index (χ0n) is 13.6. The molecule has 0 heterocycles. The minimum Gasteiger partial charge on any atom is -0.497 e. The van der Waals surface area contributed by atoms with Crippen LogP contribution in [0.5, 0.6) is 17.2 Å². The molecule has 0 bridgehead atoms. The minimum atomic E-state index is -0.369. The quantitative estimate of drug-likeness (QED) is 0.493. The third-order valence-corrected chi connectivity index (χ3v) is 4.32. The van der Waals surface area contributed by atoms with Crippen molar-refractivity contribution in [3.8, 4) is 17.2 Å². The molecule has 1 N–H and O–H groups in total. The SMILES string of the molecule is COc1ccc(OCC(=O)NN=Cc2ccc(OC)c(Br)c2)c(Br)c1. The summed E-state index contributed by atoms with van der Waals surface area (Å²) in [5.41, 5.74) is 3.22. The number of carbonyl (C=O) groups is 1. The summed E-state index contributed by atoms with van der Waals surface area (Å²) in [4.78, 5) is 11.8. The van der Waals surface area contributed by atoms with Crippen LogP contribution in [0.15, 0.2) is 50.4 Å². The number of benzene rings is 2. The molecule has 0 aromatic heterocycles. The summed E-state index contributed by atoms with van der Waals surface area (Å²) >= 11 is 6.75. The smallest absolute Gasteiger partial charge is 0.277 e. The Bertz CT molecular complexity index is 781. The highest BCUT2D eigenvalue weighted by Gasteiger charge is 2.06. The molecule has 0 aliphatic carbocycles. The summed E-state index contributed by atoms with van der Waals surface area (Å²) in [5, 5.41) is 3.90. The van der Waals surface area contributed by atoms with Crippen molar-refractivity contribution in [3.05, 3.63) is 50.9 Å². The van der Waals surface area contributed by atoms with Gasteiger partial charge in [0, 0.05) is 0 Å². The van der Waals surface area contributed by atoms with Crippen molar-refractivity contribution in [2.24, 2.45) is 5.10 Å². The lowest BCUT2D eigenvalue weighted by Gasteiger charge is -2.08. The Morgan fingerprint density at radius 2 is 1.80 bits per heavy atom. The Labute approximate surface area is 162 Å². The molecule has 0 saturated carbocycles. The van der Waals surface area contributed by atoms with E-state index in [0.717, 1.165) is 15.8 Å². The van der Waals surface area contributed by atoms with Gasteiger partial charge in [0.25, 0.3) is 5.91 Å². The van der Waals surface area contributed by atoms with Crippen LogP contribution in [0.25, 0.3) is 0 Å². The van der Waals surface area contributed by atoms with Gasteiger partial charge in [-0.25, -0.2) is 5.43 Å². The monoisotopic (exact) mass is 470 g/mol. The maximum absolute atomic E-state index is 11.8. The Morgan fingerprint density at radius 1 is 1.08 bits per heavy atom. The highest BCUT2D eigenvalue weighted by molar-refractivity contribution is 9.10. The molecule has 0 spiro atoms. The van der Waals surface area contributed by atoms with Gasteiger partial charge in [0.05, 0.1) is 29.4 Å². The van der Waals surface area contributed by atoms with Crippen molar-refractivity contribution >= 4 is 44.0 Å². The van der Waals surface area contributed by atoms with E-state index in [1.165, 1.54) is 6.21 Å². The van der Waals surface area contributed by atoms with Crippen LogP contribution in [0, 0.1) is 0 Å². The van der Waals surface area contributed by atoms with Gasteiger partial charge in [-0.1, -0.05) is 0 Å². The first-order valence-corrected chi connectivity index (χ1v) is 8.74. The molecule has 0 aliphatic heterocycles. The number of methoxy groups -OCH3 is 2. The number of hydrazone groups is 1. The van der Waals surface area contributed by atoms with E-state index < -0.39 is 0 Å². The molecule has 0 fully saturated rings. The van der Waals surface area contributed by atoms with Gasteiger partial charge in [0.15, 0.2) is 6.61 Å². The summed E-state index contributed by atoms with van der Waals surface area (Å²) < 4.78 is 17.2. The number of ether oxygens (including phenoxy) is 3. The van der Waals surface area contributed by atoms with Gasteiger partial charge >= 0.3 is 0 Å². The highest BCUT2D eigenvalue weighted by atomic mass is 79.9. The lowest BCUT2D eigenvalue weighted by molar-refractivity contribution is -0.123. The highest BCUT2D eigenvalue weighted by Crippen LogP contribution is 2.29. The second-order valence-corrected chi connectivity index (χ2v) is 6.48. The number of hydrogen-bond donors (Lipinski definition) is 1. The Kier molecular flexibility index (Phi) is 7.27. The second kappa shape index (κ2) is 9.43. The standard InChI is InChI=1S/C17H16Br2N2O4/c1-23-12-4-6-16(14(19)8-12)25-10-17(22)21-20-9-11-3-5-15(24-2)13(18)7-11/h3-9H,10H2,1-2H3,(H,21,22). The van der Waals surface area contributed by atoms with Gasteiger partial charge in [-0.2, -0.15) is 5.10 Å². The van der Waals surface area contributed by atoms with Gasteiger partial charge in [-0.05, 0) is 73.8 Å². The maximum atomic E-state index is 11.8. The van der Waals surface area contributed by atoms with Crippen LogP contribution in [0.4, 0.5) is 0 Å². The summed E-state index contributed by atoms with van der Waals surface area (Å²) in [6, 6.07) is 10.7. The molecule has 2 rings (SSSR count). The molecule has 0 atom stereocenters. The number of rotatable bonds is 7. The van der Waals surface area contributed by atoms with E-state index in [1.54, 1.807) is 38.5 Å². The average Bonchev–Trinajstić information content (AvgIpc) is 2.60. The maximum Gasteiger partial charge on any atom is 0.277 e. The largest absolute Gasteiger partial charge is 0.497 e. The molecule has 1 amide bonds. The first-order chi connectivity index (χ1) is 12.0. The number of hydrogen-bond acceptors (Lipinski definition) is 5. The average molecular weight is 472 g/mol. The number of nitrogens with one attached hydrogen (secondary N) is 1. The van der Waals surface area contributed by atoms with Gasteiger partial charge in [0.1, 0.15) is 17.2 Å². The van der Waals surface area contributed by atoms with E-state index in [2.05, 4.69) is 42.4 Å². The minimum absolute atomic E-state index is 0.158. The van der Waals surface area contributed by atoms with E-state index in [0.29, 0.717) is 16.0 Å². The summed E-state index contributed by atoms with van der Waals surface area (Å²) in [6.07, 6.45) is 1.53. The zero-order chi connectivity index (χ0) is 18.2.